The number of aryl methyl sites for hydroxylation is 2. The zero-order chi connectivity index (χ0) is 15.4. The molecule has 3 N–H and O–H groups in total. The lowest BCUT2D eigenvalue weighted by molar-refractivity contribution is 0.0957. The minimum atomic E-state index is -0.226. The molecule has 0 spiro atoms. The fourth-order valence-electron chi connectivity index (χ4n) is 2.33. The van der Waals surface area contributed by atoms with E-state index in [2.05, 4.69) is 48.6 Å². The Hall–Kier alpha value is -1.69. The molecule has 0 bridgehead atoms. The number of hydrazine groups is 1. The average molecular weight is 303 g/mol. The summed E-state index contributed by atoms with van der Waals surface area (Å²) in [6, 6.07) is 10.4. The highest BCUT2D eigenvalue weighted by atomic mass is 32.1. The van der Waals surface area contributed by atoms with Gasteiger partial charge in [0.05, 0.1) is 4.88 Å². The number of hydrogen-bond acceptors (Lipinski definition) is 4. The van der Waals surface area contributed by atoms with E-state index in [9.17, 15) is 4.79 Å². The van der Waals surface area contributed by atoms with Gasteiger partial charge in [0.2, 0.25) is 0 Å². The lowest BCUT2D eigenvalue weighted by atomic mass is 10.1. The number of nitrogens with two attached hydrogens (primary N) is 1. The smallest absolute Gasteiger partial charge is 0.275 e. The summed E-state index contributed by atoms with van der Waals surface area (Å²) in [6.07, 6.45) is 0. The summed E-state index contributed by atoms with van der Waals surface area (Å²) >= 11 is 1.48. The molecule has 1 aromatic carbocycles. The summed E-state index contributed by atoms with van der Waals surface area (Å²) < 4.78 is 0. The van der Waals surface area contributed by atoms with Gasteiger partial charge >= 0.3 is 0 Å². The molecule has 0 atom stereocenters. The van der Waals surface area contributed by atoms with Crippen LogP contribution in [-0.2, 0) is 13.1 Å². The van der Waals surface area contributed by atoms with E-state index < -0.39 is 0 Å². The summed E-state index contributed by atoms with van der Waals surface area (Å²) in [7, 11) is 2.09. The van der Waals surface area contributed by atoms with Crippen LogP contribution in [0.5, 0.6) is 0 Å². The number of nitrogens with one attached hydrogen (secondary N) is 1. The average Bonchev–Trinajstić information content (AvgIpc) is 2.79. The summed E-state index contributed by atoms with van der Waals surface area (Å²) in [5.74, 6) is 4.95. The van der Waals surface area contributed by atoms with E-state index in [1.165, 1.54) is 28.0 Å². The van der Waals surface area contributed by atoms with Gasteiger partial charge in [-0.15, -0.1) is 11.3 Å². The van der Waals surface area contributed by atoms with Gasteiger partial charge in [-0.1, -0.05) is 29.8 Å². The second-order valence-corrected chi connectivity index (χ2v) is 6.58. The van der Waals surface area contributed by atoms with Crippen LogP contribution in [0, 0.1) is 13.8 Å². The van der Waals surface area contributed by atoms with E-state index in [4.69, 9.17) is 5.84 Å². The third kappa shape index (κ3) is 4.14. The first-order chi connectivity index (χ1) is 9.99. The first-order valence-corrected chi connectivity index (χ1v) is 7.65. The lowest BCUT2D eigenvalue weighted by Gasteiger charge is -2.17. The summed E-state index contributed by atoms with van der Waals surface area (Å²) in [4.78, 5) is 15.6. The number of rotatable bonds is 5. The van der Waals surface area contributed by atoms with Gasteiger partial charge in [0.25, 0.3) is 5.91 Å². The Kier molecular flexibility index (Phi) is 5.12. The van der Waals surface area contributed by atoms with E-state index >= 15 is 0 Å². The van der Waals surface area contributed by atoms with Crippen molar-refractivity contribution in [2.45, 2.75) is 26.9 Å². The molecule has 2 aromatic rings. The number of carbonyl (C=O) groups excluding carboxylic acids is 1. The number of nitrogens with zero attached hydrogens (tertiary/aromatic N) is 1. The van der Waals surface area contributed by atoms with Crippen molar-refractivity contribution in [3.63, 3.8) is 0 Å². The first kappa shape index (κ1) is 15.7. The highest BCUT2D eigenvalue weighted by molar-refractivity contribution is 7.14. The van der Waals surface area contributed by atoms with Gasteiger partial charge in [-0.2, -0.15) is 0 Å². The zero-order valence-electron chi connectivity index (χ0n) is 12.6. The number of hydrogen-bond donors (Lipinski definition) is 2. The molecule has 0 aliphatic carbocycles. The molecule has 1 amide bonds. The minimum absolute atomic E-state index is 0.226. The number of nitrogen functional groups attached to an aromatic ring is 1. The van der Waals surface area contributed by atoms with Crippen molar-refractivity contribution in [1.82, 2.24) is 10.3 Å². The molecule has 0 saturated heterocycles. The van der Waals surface area contributed by atoms with Crippen molar-refractivity contribution in [3.05, 3.63) is 56.8 Å². The van der Waals surface area contributed by atoms with Crippen LogP contribution >= 0.6 is 11.3 Å². The second kappa shape index (κ2) is 6.85. The van der Waals surface area contributed by atoms with Gasteiger partial charge in [-0.05, 0) is 38.1 Å². The molecule has 0 aliphatic heterocycles. The summed E-state index contributed by atoms with van der Waals surface area (Å²) in [6.45, 7) is 5.83. The van der Waals surface area contributed by atoms with E-state index in [-0.39, 0.29) is 5.91 Å². The number of amides is 1. The molecule has 0 fully saturated rings. The lowest BCUT2D eigenvalue weighted by Crippen LogP contribution is -2.29. The van der Waals surface area contributed by atoms with E-state index in [0.717, 1.165) is 18.0 Å². The van der Waals surface area contributed by atoms with E-state index in [0.29, 0.717) is 4.88 Å². The van der Waals surface area contributed by atoms with Crippen LogP contribution < -0.4 is 11.3 Å². The van der Waals surface area contributed by atoms with Crippen molar-refractivity contribution < 1.29 is 4.79 Å². The van der Waals surface area contributed by atoms with Crippen molar-refractivity contribution in [2.75, 3.05) is 7.05 Å². The van der Waals surface area contributed by atoms with Crippen LogP contribution in [0.1, 0.15) is 31.2 Å². The molecular weight excluding hydrogens is 282 g/mol. The van der Waals surface area contributed by atoms with Gasteiger partial charge in [0.1, 0.15) is 0 Å². The Morgan fingerprint density at radius 2 is 2.05 bits per heavy atom. The minimum Gasteiger partial charge on any atom is -0.298 e. The molecule has 112 valence electrons. The van der Waals surface area contributed by atoms with Crippen LogP contribution in [0.25, 0.3) is 0 Å². The largest absolute Gasteiger partial charge is 0.298 e. The monoisotopic (exact) mass is 303 g/mol. The molecular formula is C16H21N3OS. The van der Waals surface area contributed by atoms with Gasteiger partial charge in [0.15, 0.2) is 0 Å². The maximum atomic E-state index is 11.6. The molecule has 21 heavy (non-hydrogen) atoms. The number of benzene rings is 1. The van der Waals surface area contributed by atoms with Crippen LogP contribution in [0.4, 0.5) is 0 Å². The molecule has 5 heteroatoms. The SMILES string of the molecule is Cc1cccc(CN(C)Cc2cc(C(=O)NN)sc2C)c1. The standard InChI is InChI=1S/C16H21N3OS/c1-11-5-4-6-13(7-11)9-19(3)10-14-8-15(16(20)18-17)21-12(14)2/h4-8H,9-10,17H2,1-3H3,(H,18,20). The Morgan fingerprint density at radius 3 is 2.71 bits per heavy atom. The van der Waals surface area contributed by atoms with Crippen LogP contribution in [0.2, 0.25) is 0 Å². The summed E-state index contributed by atoms with van der Waals surface area (Å²) in [5, 5.41) is 0. The van der Waals surface area contributed by atoms with E-state index in [1.807, 2.05) is 13.0 Å². The van der Waals surface area contributed by atoms with Crippen molar-refractivity contribution in [2.24, 2.45) is 5.84 Å². The van der Waals surface area contributed by atoms with Crippen molar-refractivity contribution in [1.29, 1.82) is 0 Å². The van der Waals surface area contributed by atoms with Gasteiger partial charge in [0, 0.05) is 18.0 Å². The Balaban J connectivity index is 2.04. The molecule has 1 aromatic heterocycles. The molecule has 0 radical (unpaired) electrons. The molecule has 4 nitrogen and oxygen atoms in total. The van der Waals surface area contributed by atoms with Crippen LogP contribution in [0.3, 0.4) is 0 Å². The Bertz CT molecular complexity index is 636. The molecule has 1 heterocycles. The normalized spacial score (nSPS) is 10.9. The maximum Gasteiger partial charge on any atom is 0.275 e. The van der Waals surface area contributed by atoms with Crippen molar-refractivity contribution in [3.8, 4) is 0 Å². The van der Waals surface area contributed by atoms with Crippen molar-refractivity contribution >= 4 is 17.2 Å². The van der Waals surface area contributed by atoms with E-state index in [1.54, 1.807) is 0 Å². The van der Waals surface area contributed by atoms with Crippen LogP contribution in [-0.4, -0.2) is 17.9 Å². The molecule has 0 aliphatic rings. The second-order valence-electron chi connectivity index (χ2n) is 5.33. The fourth-order valence-corrected chi connectivity index (χ4v) is 3.27. The zero-order valence-corrected chi connectivity index (χ0v) is 13.5. The third-order valence-corrected chi connectivity index (χ3v) is 4.44. The number of carbonyl (C=O) groups is 1. The predicted octanol–water partition coefficient (Wildman–Crippen LogP) is 2.60. The quantitative estimate of drug-likeness (QED) is 0.507. The Labute approximate surface area is 129 Å². The molecule has 2 rings (SSSR count). The first-order valence-electron chi connectivity index (χ1n) is 6.84. The highest BCUT2D eigenvalue weighted by Crippen LogP contribution is 2.23. The molecule has 0 unspecified atom stereocenters. The van der Waals surface area contributed by atoms with Crippen LogP contribution in [0.15, 0.2) is 30.3 Å². The third-order valence-electron chi connectivity index (χ3n) is 3.35. The Morgan fingerprint density at radius 1 is 1.29 bits per heavy atom. The topological polar surface area (TPSA) is 58.4 Å². The van der Waals surface area contributed by atoms with Gasteiger partial charge in [-0.3, -0.25) is 15.1 Å². The fraction of sp³-hybridized carbons (Fsp3) is 0.312. The van der Waals surface area contributed by atoms with Gasteiger partial charge < -0.3 is 0 Å². The highest BCUT2D eigenvalue weighted by Gasteiger charge is 2.12. The molecule has 0 saturated carbocycles. The maximum absolute atomic E-state index is 11.6. The van der Waals surface area contributed by atoms with Gasteiger partial charge in [-0.25, -0.2) is 5.84 Å². The number of thiophene rings is 1. The summed E-state index contributed by atoms with van der Waals surface area (Å²) in [5.41, 5.74) is 5.92. The predicted molar refractivity (Wildman–Crippen MR) is 87.1 cm³/mol.